The quantitative estimate of drug-likeness (QED) is 0.549. The van der Waals surface area contributed by atoms with Gasteiger partial charge in [-0.25, -0.2) is 4.98 Å². The number of nitrogens with zero attached hydrogens (tertiary/aromatic N) is 2. The monoisotopic (exact) mass is 447 g/mol. The summed E-state index contributed by atoms with van der Waals surface area (Å²) >= 11 is 0. The number of pyridine rings is 1. The Kier molecular flexibility index (Phi) is 8.56. The van der Waals surface area contributed by atoms with Crippen LogP contribution < -0.4 is 10.2 Å². The summed E-state index contributed by atoms with van der Waals surface area (Å²) in [6.07, 6.45) is 0.595. The van der Waals surface area contributed by atoms with Crippen molar-refractivity contribution in [2.75, 3.05) is 37.8 Å². The van der Waals surface area contributed by atoms with Crippen LogP contribution in [0.15, 0.2) is 42.6 Å². The Labute approximate surface area is 192 Å². The Morgan fingerprint density at radius 2 is 1.73 bits per heavy atom. The van der Waals surface area contributed by atoms with E-state index in [1.807, 2.05) is 12.1 Å². The van der Waals surface area contributed by atoms with E-state index in [-0.39, 0.29) is 0 Å². The second kappa shape index (κ2) is 11.8. The van der Waals surface area contributed by atoms with E-state index in [1.165, 1.54) is 6.92 Å². The summed E-state index contributed by atoms with van der Waals surface area (Å²) in [6, 6.07) is 9.11. The number of amides is 1. The number of aliphatic hydroxyl groups excluding tert-OH is 2. The minimum Gasteiger partial charge on any atom is -0.391 e. The van der Waals surface area contributed by atoms with Crippen LogP contribution in [-0.4, -0.2) is 71.9 Å². The zero-order valence-electron chi connectivity index (χ0n) is 18.2. The number of ketones is 1. The normalized spacial score (nSPS) is 14.7. The lowest BCUT2D eigenvalue weighted by atomic mass is 10.1. The molecular weight excluding hydrogens is 422 g/mol. The van der Waals surface area contributed by atoms with Crippen molar-refractivity contribution in [1.82, 2.24) is 10.3 Å². The fraction of sp³-hybridized carbons (Fsp3) is 0.320. The van der Waals surface area contributed by atoms with Crippen LogP contribution in [0.25, 0.3) is 0 Å². The van der Waals surface area contributed by atoms with Gasteiger partial charge in [-0.15, -0.1) is 0 Å². The van der Waals surface area contributed by atoms with Crippen molar-refractivity contribution in [2.45, 2.75) is 19.1 Å². The number of nitrogens with one attached hydrogen (secondary N) is 1. The Bertz CT molecular complexity index is 1080. The number of hydrogen-bond acceptors (Lipinski definition) is 7. The maximum Gasteiger partial charge on any atom is 0.251 e. The number of ether oxygens (including phenoxy) is 1. The average Bonchev–Trinajstić information content (AvgIpc) is 2.85. The molecule has 1 amide bonds. The minimum atomic E-state index is -1.17. The summed E-state index contributed by atoms with van der Waals surface area (Å²) in [5.41, 5.74) is 1.73. The number of hydrogen-bond donors (Lipinski definition) is 3. The van der Waals surface area contributed by atoms with Gasteiger partial charge in [-0.05, 0) is 55.2 Å². The van der Waals surface area contributed by atoms with Crippen LogP contribution in [-0.2, 0) is 9.53 Å². The third-order valence-corrected chi connectivity index (χ3v) is 4.98. The number of carbonyl (C=O) groups excluding carboxylic acids is 2. The summed E-state index contributed by atoms with van der Waals surface area (Å²) in [6.45, 7) is 3.66. The molecule has 1 aliphatic rings. The molecule has 2 heterocycles. The highest BCUT2D eigenvalue weighted by Crippen LogP contribution is 2.12. The topological polar surface area (TPSA) is 112 Å². The number of carbonyl (C=O) groups is 2. The molecule has 2 aromatic rings. The van der Waals surface area contributed by atoms with Gasteiger partial charge in [-0.1, -0.05) is 11.8 Å². The first kappa shape index (κ1) is 24.0. The van der Waals surface area contributed by atoms with E-state index >= 15 is 0 Å². The molecule has 1 saturated heterocycles. The van der Waals surface area contributed by atoms with Crippen LogP contribution in [0.2, 0.25) is 0 Å². The molecule has 1 aromatic heterocycles. The smallest absolute Gasteiger partial charge is 0.251 e. The average molecular weight is 447 g/mol. The summed E-state index contributed by atoms with van der Waals surface area (Å²) in [4.78, 5) is 30.6. The van der Waals surface area contributed by atoms with E-state index in [9.17, 15) is 14.7 Å². The van der Waals surface area contributed by atoms with Gasteiger partial charge >= 0.3 is 0 Å². The lowest BCUT2D eigenvalue weighted by molar-refractivity contribution is -0.125. The van der Waals surface area contributed by atoms with Gasteiger partial charge in [0.25, 0.3) is 5.91 Å². The van der Waals surface area contributed by atoms with E-state index < -0.39 is 30.4 Å². The molecule has 1 aromatic carbocycles. The molecule has 2 atom stereocenters. The molecule has 1 fully saturated rings. The number of Topliss-reactive ketones (excluding diaryl/α,β-unsaturated/α-hetero) is 1. The first-order chi connectivity index (χ1) is 16.0. The van der Waals surface area contributed by atoms with Gasteiger partial charge in [0.2, 0.25) is 0 Å². The van der Waals surface area contributed by atoms with Crippen molar-refractivity contribution in [3.63, 3.8) is 0 Å². The van der Waals surface area contributed by atoms with Crippen molar-refractivity contribution in [3.8, 4) is 23.7 Å². The van der Waals surface area contributed by atoms with Crippen molar-refractivity contribution in [3.05, 3.63) is 59.3 Å². The van der Waals surface area contributed by atoms with E-state index in [4.69, 9.17) is 9.84 Å². The second-order valence-corrected chi connectivity index (χ2v) is 7.40. The van der Waals surface area contributed by atoms with Crippen molar-refractivity contribution < 1.29 is 24.5 Å². The largest absolute Gasteiger partial charge is 0.391 e. The molecule has 1 unspecified atom stereocenters. The fourth-order valence-corrected chi connectivity index (χ4v) is 3.14. The SMILES string of the molecule is C[C@@H](O)C(NC(=O)c1ccc(C#CC#Cc2ccc(N3CCOCC3)nc2)cc1)C(=O)CO. The predicted octanol–water partition coefficient (Wildman–Crippen LogP) is 0.362. The summed E-state index contributed by atoms with van der Waals surface area (Å²) in [5.74, 6) is 11.1. The minimum absolute atomic E-state index is 0.300. The molecule has 0 aliphatic carbocycles. The number of benzene rings is 1. The Morgan fingerprint density at radius 1 is 1.09 bits per heavy atom. The standard InChI is InChI=1S/C25H25N3O5/c1-18(30)24(22(31)17-29)27-25(32)21-9-6-19(7-10-21)4-2-3-5-20-8-11-23(26-16-20)28-12-14-33-15-13-28/h6-11,16,18,24,29-30H,12-15,17H2,1H3,(H,27,32)/t18-,24?/m1/s1. The predicted molar refractivity (Wildman–Crippen MR) is 122 cm³/mol. The van der Waals surface area contributed by atoms with E-state index in [0.29, 0.717) is 24.3 Å². The van der Waals surface area contributed by atoms with Gasteiger partial charge in [0.15, 0.2) is 5.78 Å². The molecule has 0 bridgehead atoms. The van der Waals surface area contributed by atoms with Gasteiger partial charge < -0.3 is 25.2 Å². The molecule has 0 spiro atoms. The zero-order chi connectivity index (χ0) is 23.6. The summed E-state index contributed by atoms with van der Waals surface area (Å²) in [7, 11) is 0. The highest BCUT2D eigenvalue weighted by molar-refractivity contribution is 5.98. The van der Waals surface area contributed by atoms with E-state index in [0.717, 1.165) is 24.5 Å². The Hall–Kier alpha value is -3.69. The van der Waals surface area contributed by atoms with Gasteiger partial charge in [-0.2, -0.15) is 0 Å². The van der Waals surface area contributed by atoms with Gasteiger partial charge in [0, 0.05) is 36.0 Å². The fourth-order valence-electron chi connectivity index (χ4n) is 3.14. The zero-order valence-corrected chi connectivity index (χ0v) is 18.2. The third kappa shape index (κ3) is 6.90. The second-order valence-electron chi connectivity index (χ2n) is 7.40. The van der Waals surface area contributed by atoms with Crippen molar-refractivity contribution >= 4 is 17.5 Å². The summed E-state index contributed by atoms with van der Waals surface area (Å²) < 4.78 is 5.34. The van der Waals surface area contributed by atoms with Crippen LogP contribution in [0.1, 0.15) is 28.4 Å². The van der Waals surface area contributed by atoms with Crippen LogP contribution >= 0.6 is 0 Å². The molecule has 8 heteroatoms. The number of aliphatic hydroxyl groups is 2. The molecule has 33 heavy (non-hydrogen) atoms. The molecule has 3 N–H and O–H groups in total. The molecule has 1 aliphatic heterocycles. The number of rotatable bonds is 6. The number of aromatic nitrogens is 1. The molecule has 0 radical (unpaired) electrons. The Balaban J connectivity index is 1.58. The van der Waals surface area contributed by atoms with Gasteiger partial charge in [0.1, 0.15) is 18.5 Å². The van der Waals surface area contributed by atoms with Crippen LogP contribution in [0, 0.1) is 23.7 Å². The first-order valence-corrected chi connectivity index (χ1v) is 10.5. The lowest BCUT2D eigenvalue weighted by Gasteiger charge is -2.27. The maximum absolute atomic E-state index is 12.3. The van der Waals surface area contributed by atoms with Crippen LogP contribution in [0.5, 0.6) is 0 Å². The molecule has 170 valence electrons. The molecule has 8 nitrogen and oxygen atoms in total. The van der Waals surface area contributed by atoms with Gasteiger partial charge in [0.05, 0.1) is 19.3 Å². The van der Waals surface area contributed by atoms with Crippen molar-refractivity contribution in [2.24, 2.45) is 0 Å². The van der Waals surface area contributed by atoms with E-state index in [2.05, 4.69) is 38.9 Å². The van der Waals surface area contributed by atoms with Crippen LogP contribution in [0.4, 0.5) is 5.82 Å². The van der Waals surface area contributed by atoms with E-state index in [1.54, 1.807) is 30.5 Å². The van der Waals surface area contributed by atoms with Gasteiger partial charge in [-0.3, -0.25) is 9.59 Å². The summed E-state index contributed by atoms with van der Waals surface area (Å²) in [5, 5.41) is 21.0. The first-order valence-electron chi connectivity index (χ1n) is 10.5. The molecule has 3 rings (SSSR count). The lowest BCUT2D eigenvalue weighted by Crippen LogP contribution is -2.48. The highest BCUT2D eigenvalue weighted by Gasteiger charge is 2.25. The number of anilines is 1. The maximum atomic E-state index is 12.3. The third-order valence-electron chi connectivity index (χ3n) is 4.98. The molecular formula is C25H25N3O5. The van der Waals surface area contributed by atoms with Crippen LogP contribution in [0.3, 0.4) is 0 Å². The highest BCUT2D eigenvalue weighted by atomic mass is 16.5. The number of morpholine rings is 1. The Morgan fingerprint density at radius 3 is 2.30 bits per heavy atom. The molecule has 0 saturated carbocycles. The van der Waals surface area contributed by atoms with Crippen molar-refractivity contribution in [1.29, 1.82) is 0 Å².